The van der Waals surface area contributed by atoms with Crippen molar-refractivity contribution >= 4 is 17.2 Å². The average molecular weight is 327 g/mol. The Kier molecular flexibility index (Phi) is 5.85. The Balaban J connectivity index is 1.70. The molecular weight excluding hydrogens is 312 g/mol. The Morgan fingerprint density at radius 2 is 2.14 bits per heavy atom. The van der Waals surface area contributed by atoms with Gasteiger partial charge in [0.1, 0.15) is 18.5 Å². The van der Waals surface area contributed by atoms with E-state index in [-0.39, 0.29) is 31.2 Å². The highest BCUT2D eigenvalue weighted by Crippen LogP contribution is 2.15. The topological polar surface area (TPSA) is 58.6 Å². The number of ether oxygens (including phenoxy) is 1. The van der Waals surface area contributed by atoms with Crippen LogP contribution in [0.2, 0.25) is 0 Å². The number of carbonyl (C=O) groups is 1. The molecule has 0 saturated heterocycles. The number of hydrogen-bond donors (Lipinski definition) is 2. The number of nitrogens with one attached hydrogen (secondary N) is 1. The molecule has 0 aliphatic heterocycles. The lowest BCUT2D eigenvalue weighted by atomic mass is 10.3. The summed E-state index contributed by atoms with van der Waals surface area (Å²) in [6.45, 7) is -0.113. The minimum absolute atomic E-state index is 0.0217. The fourth-order valence-electron chi connectivity index (χ4n) is 1.68. The number of aliphatic hydroxyl groups excluding tert-OH is 1. The summed E-state index contributed by atoms with van der Waals surface area (Å²) in [5.41, 5.74) is 0. The molecule has 0 spiro atoms. The Morgan fingerprint density at radius 3 is 2.82 bits per heavy atom. The molecule has 118 valence electrons. The van der Waals surface area contributed by atoms with Crippen molar-refractivity contribution in [3.05, 3.63) is 52.2 Å². The van der Waals surface area contributed by atoms with E-state index in [1.165, 1.54) is 17.4 Å². The summed E-state index contributed by atoms with van der Waals surface area (Å²) >= 11 is 1.48. The number of aliphatic hydroxyl groups is 1. The first kappa shape index (κ1) is 16.4. The van der Waals surface area contributed by atoms with Crippen LogP contribution >= 0.6 is 11.3 Å². The molecule has 22 heavy (non-hydrogen) atoms. The summed E-state index contributed by atoms with van der Waals surface area (Å²) in [6.07, 6.45) is -0.686. The number of thiophene rings is 1. The van der Waals surface area contributed by atoms with Crippen molar-refractivity contribution < 1.29 is 23.4 Å². The van der Waals surface area contributed by atoms with Crippen LogP contribution in [0.25, 0.3) is 0 Å². The molecule has 1 atom stereocenters. The molecule has 1 aromatic carbocycles. The van der Waals surface area contributed by atoms with E-state index >= 15 is 0 Å². The summed E-state index contributed by atoms with van der Waals surface area (Å²) in [7, 11) is 0. The monoisotopic (exact) mass is 327 g/mol. The smallest absolute Gasteiger partial charge is 0.225 e. The Morgan fingerprint density at radius 1 is 1.32 bits per heavy atom. The number of amides is 1. The van der Waals surface area contributed by atoms with E-state index in [2.05, 4.69) is 5.32 Å². The Hall–Kier alpha value is -1.99. The maximum atomic E-state index is 13.0. The Bertz CT molecular complexity index is 619. The first-order valence-electron chi connectivity index (χ1n) is 6.59. The van der Waals surface area contributed by atoms with Crippen LogP contribution in [0.1, 0.15) is 4.88 Å². The third-order valence-corrected chi connectivity index (χ3v) is 3.66. The van der Waals surface area contributed by atoms with Gasteiger partial charge >= 0.3 is 0 Å². The second-order valence-corrected chi connectivity index (χ2v) is 5.63. The van der Waals surface area contributed by atoms with E-state index in [9.17, 15) is 18.7 Å². The van der Waals surface area contributed by atoms with Crippen LogP contribution in [0, 0.1) is 11.6 Å². The standard InChI is InChI=1S/C15H15F2NO3S/c16-13-4-3-11(6-14(13)17)21-9-10(19)8-18-15(20)7-12-2-1-5-22-12/h1-6,10,19H,7-9H2,(H,18,20)/t10-/m0/s1. The van der Waals surface area contributed by atoms with Gasteiger partial charge in [-0.3, -0.25) is 4.79 Å². The van der Waals surface area contributed by atoms with Crippen molar-refractivity contribution in [2.75, 3.05) is 13.2 Å². The highest BCUT2D eigenvalue weighted by atomic mass is 32.1. The number of hydrogen-bond acceptors (Lipinski definition) is 4. The predicted octanol–water partition coefficient (Wildman–Crippen LogP) is 2.12. The highest BCUT2D eigenvalue weighted by molar-refractivity contribution is 7.10. The number of rotatable bonds is 7. The third kappa shape index (κ3) is 5.09. The van der Waals surface area contributed by atoms with Crippen LogP contribution < -0.4 is 10.1 Å². The molecule has 2 N–H and O–H groups in total. The number of carbonyl (C=O) groups excluding carboxylic acids is 1. The molecule has 1 aromatic heterocycles. The summed E-state index contributed by atoms with van der Waals surface area (Å²) in [5.74, 6) is -2.07. The third-order valence-electron chi connectivity index (χ3n) is 2.78. The van der Waals surface area contributed by atoms with Gasteiger partial charge in [-0.2, -0.15) is 0 Å². The second-order valence-electron chi connectivity index (χ2n) is 4.60. The maximum absolute atomic E-state index is 13.0. The van der Waals surface area contributed by atoms with Crippen molar-refractivity contribution in [1.82, 2.24) is 5.32 Å². The molecule has 0 fully saturated rings. The quantitative estimate of drug-likeness (QED) is 0.819. The molecule has 2 rings (SSSR count). The van der Waals surface area contributed by atoms with Gasteiger partial charge in [0, 0.05) is 17.5 Å². The van der Waals surface area contributed by atoms with Crippen molar-refractivity contribution in [1.29, 1.82) is 0 Å². The van der Waals surface area contributed by atoms with Gasteiger partial charge < -0.3 is 15.2 Å². The maximum Gasteiger partial charge on any atom is 0.225 e. The molecule has 0 radical (unpaired) electrons. The van der Waals surface area contributed by atoms with Crippen LogP contribution in [-0.2, 0) is 11.2 Å². The van der Waals surface area contributed by atoms with Gasteiger partial charge in [0.15, 0.2) is 11.6 Å². The normalized spacial score (nSPS) is 12.0. The molecule has 1 amide bonds. The summed E-state index contributed by atoms with van der Waals surface area (Å²) in [6, 6.07) is 6.82. The van der Waals surface area contributed by atoms with E-state index < -0.39 is 17.7 Å². The van der Waals surface area contributed by atoms with Gasteiger partial charge in [-0.1, -0.05) is 6.07 Å². The van der Waals surface area contributed by atoms with Crippen LogP contribution in [0.3, 0.4) is 0 Å². The van der Waals surface area contributed by atoms with Crippen molar-refractivity contribution in [3.8, 4) is 5.75 Å². The summed E-state index contributed by atoms with van der Waals surface area (Å²) in [4.78, 5) is 12.6. The fourth-order valence-corrected chi connectivity index (χ4v) is 2.39. The lowest BCUT2D eigenvalue weighted by molar-refractivity contribution is -0.120. The van der Waals surface area contributed by atoms with Crippen LogP contribution in [0.15, 0.2) is 35.7 Å². The molecule has 2 aromatic rings. The zero-order valence-corrected chi connectivity index (χ0v) is 12.4. The molecule has 7 heteroatoms. The largest absolute Gasteiger partial charge is 0.491 e. The van der Waals surface area contributed by atoms with Gasteiger partial charge in [-0.05, 0) is 23.6 Å². The first-order valence-corrected chi connectivity index (χ1v) is 7.47. The van der Waals surface area contributed by atoms with Crippen LogP contribution in [-0.4, -0.2) is 30.3 Å². The van der Waals surface area contributed by atoms with Crippen molar-refractivity contribution in [3.63, 3.8) is 0 Å². The highest BCUT2D eigenvalue weighted by Gasteiger charge is 2.10. The molecule has 4 nitrogen and oxygen atoms in total. The molecule has 0 unspecified atom stereocenters. The number of halogens is 2. The van der Waals surface area contributed by atoms with Gasteiger partial charge in [-0.15, -0.1) is 11.3 Å². The lowest BCUT2D eigenvalue weighted by Gasteiger charge is -2.13. The zero-order chi connectivity index (χ0) is 15.9. The number of benzene rings is 1. The van der Waals surface area contributed by atoms with Gasteiger partial charge in [-0.25, -0.2) is 8.78 Å². The average Bonchev–Trinajstić information content (AvgIpc) is 2.99. The SMILES string of the molecule is O=C(Cc1cccs1)NC[C@H](O)COc1ccc(F)c(F)c1. The lowest BCUT2D eigenvalue weighted by Crippen LogP contribution is -2.35. The minimum Gasteiger partial charge on any atom is -0.491 e. The molecule has 0 aliphatic rings. The van der Waals surface area contributed by atoms with Gasteiger partial charge in [0.25, 0.3) is 0 Å². The van der Waals surface area contributed by atoms with Crippen molar-refractivity contribution in [2.24, 2.45) is 0 Å². The Labute approximate surface area is 130 Å². The summed E-state index contributed by atoms with van der Waals surface area (Å²) in [5, 5.41) is 14.2. The van der Waals surface area contributed by atoms with Gasteiger partial charge in [0.2, 0.25) is 5.91 Å². The van der Waals surface area contributed by atoms with E-state index in [0.29, 0.717) is 0 Å². The summed E-state index contributed by atoms with van der Waals surface area (Å²) < 4.78 is 30.8. The first-order chi connectivity index (χ1) is 10.5. The van der Waals surface area contributed by atoms with E-state index in [0.717, 1.165) is 17.0 Å². The second kappa shape index (κ2) is 7.86. The molecule has 0 aliphatic carbocycles. The van der Waals surface area contributed by atoms with E-state index in [1.807, 2.05) is 17.5 Å². The van der Waals surface area contributed by atoms with Gasteiger partial charge in [0.05, 0.1) is 6.42 Å². The molecule has 1 heterocycles. The predicted molar refractivity (Wildman–Crippen MR) is 78.9 cm³/mol. The fraction of sp³-hybridized carbons (Fsp3) is 0.267. The molecule has 0 saturated carbocycles. The van der Waals surface area contributed by atoms with Crippen LogP contribution in [0.4, 0.5) is 8.78 Å². The van der Waals surface area contributed by atoms with Crippen molar-refractivity contribution in [2.45, 2.75) is 12.5 Å². The minimum atomic E-state index is -1.02. The molecule has 0 bridgehead atoms. The van der Waals surface area contributed by atoms with Crippen LogP contribution in [0.5, 0.6) is 5.75 Å². The van der Waals surface area contributed by atoms with E-state index in [1.54, 1.807) is 0 Å². The zero-order valence-electron chi connectivity index (χ0n) is 11.6. The molecular formula is C15H15F2NO3S. The van der Waals surface area contributed by atoms with E-state index in [4.69, 9.17) is 4.74 Å².